The third kappa shape index (κ3) is 3.40. The number of nitrogens with zero attached hydrogens (tertiary/aromatic N) is 1. The number of para-hydroxylation sites is 1. The van der Waals surface area contributed by atoms with Crippen LogP contribution < -0.4 is 10.5 Å². The number of hydrogen-bond acceptors (Lipinski definition) is 4. The number of aryl methyl sites for hydroxylation is 1. The normalized spacial score (nSPS) is 12.0. The lowest BCUT2D eigenvalue weighted by atomic mass is 10.1. The number of benzene rings is 2. The van der Waals surface area contributed by atoms with Crippen LogP contribution in [-0.2, 0) is 0 Å². The molecule has 1 unspecified atom stereocenters. The van der Waals surface area contributed by atoms with Gasteiger partial charge < -0.3 is 10.5 Å². The van der Waals surface area contributed by atoms with Gasteiger partial charge in [-0.1, -0.05) is 18.2 Å². The molecule has 2 N–H and O–H groups in total. The summed E-state index contributed by atoms with van der Waals surface area (Å²) in [5, 5.41) is 11.1. The zero-order chi connectivity index (χ0) is 15.6. The lowest BCUT2D eigenvalue weighted by molar-refractivity contribution is -0.385. The van der Waals surface area contributed by atoms with E-state index in [1.165, 1.54) is 6.07 Å². The van der Waals surface area contributed by atoms with E-state index in [4.69, 9.17) is 10.5 Å². The maximum Gasteiger partial charge on any atom is 0.311 e. The molecule has 0 aliphatic carbocycles. The second-order valence-corrected chi connectivity index (χ2v) is 5.62. The molecule has 0 spiro atoms. The third-order valence-electron chi connectivity index (χ3n) is 3.08. The lowest BCUT2D eigenvalue weighted by Gasteiger charge is -2.12. The van der Waals surface area contributed by atoms with E-state index >= 15 is 0 Å². The maximum absolute atomic E-state index is 11.1. The Kier molecular flexibility index (Phi) is 4.59. The van der Waals surface area contributed by atoms with E-state index in [2.05, 4.69) is 15.9 Å². The van der Waals surface area contributed by atoms with E-state index in [-0.39, 0.29) is 17.5 Å². The smallest absolute Gasteiger partial charge is 0.311 e. The van der Waals surface area contributed by atoms with Crippen LogP contribution in [0.15, 0.2) is 40.9 Å². The highest BCUT2D eigenvalue weighted by Gasteiger charge is 2.19. The van der Waals surface area contributed by atoms with E-state index in [1.807, 2.05) is 19.1 Å². The van der Waals surface area contributed by atoms with Crippen LogP contribution in [0.3, 0.4) is 0 Å². The molecule has 0 fully saturated rings. The van der Waals surface area contributed by atoms with Crippen LogP contribution in [0.2, 0.25) is 0 Å². The Morgan fingerprint density at radius 3 is 2.62 bits per heavy atom. The predicted molar refractivity (Wildman–Crippen MR) is 84.7 cm³/mol. The summed E-state index contributed by atoms with van der Waals surface area (Å²) in [6.45, 7) is 3.65. The van der Waals surface area contributed by atoms with Crippen LogP contribution in [0.4, 0.5) is 5.69 Å². The number of ether oxygens (including phenoxy) is 1. The number of rotatable bonds is 4. The molecular weight excluding hydrogens is 336 g/mol. The van der Waals surface area contributed by atoms with Crippen LogP contribution in [0.25, 0.3) is 0 Å². The molecule has 2 rings (SSSR count). The summed E-state index contributed by atoms with van der Waals surface area (Å²) in [6, 6.07) is 10.2. The van der Waals surface area contributed by atoms with Crippen molar-refractivity contribution in [3.63, 3.8) is 0 Å². The zero-order valence-corrected chi connectivity index (χ0v) is 13.3. The molecule has 21 heavy (non-hydrogen) atoms. The maximum atomic E-state index is 11.1. The summed E-state index contributed by atoms with van der Waals surface area (Å²) in [5.74, 6) is 0.758. The minimum absolute atomic E-state index is 0.0573. The number of hydrogen-bond donors (Lipinski definition) is 1. The minimum Gasteiger partial charge on any atom is -0.449 e. The van der Waals surface area contributed by atoms with Crippen molar-refractivity contribution in [2.75, 3.05) is 0 Å². The molecule has 0 saturated carbocycles. The Bertz CT molecular complexity index is 687. The van der Waals surface area contributed by atoms with Gasteiger partial charge in [0.15, 0.2) is 0 Å². The molecular formula is C15H15BrN2O3. The fourth-order valence-corrected chi connectivity index (χ4v) is 2.38. The Morgan fingerprint density at radius 1 is 1.33 bits per heavy atom. The third-order valence-corrected chi connectivity index (χ3v) is 3.70. The molecule has 0 heterocycles. The van der Waals surface area contributed by atoms with Crippen LogP contribution in [0, 0.1) is 17.0 Å². The van der Waals surface area contributed by atoms with Crippen molar-refractivity contribution in [2.45, 2.75) is 19.9 Å². The molecule has 2 aromatic carbocycles. The fourth-order valence-electron chi connectivity index (χ4n) is 1.91. The molecule has 2 aromatic rings. The average molecular weight is 351 g/mol. The Morgan fingerprint density at radius 2 is 2.05 bits per heavy atom. The highest BCUT2D eigenvalue weighted by molar-refractivity contribution is 9.10. The first-order valence-electron chi connectivity index (χ1n) is 6.37. The summed E-state index contributed by atoms with van der Waals surface area (Å²) in [7, 11) is 0. The quantitative estimate of drug-likeness (QED) is 0.651. The van der Waals surface area contributed by atoms with Gasteiger partial charge in [0, 0.05) is 12.1 Å². The van der Waals surface area contributed by atoms with Crippen molar-refractivity contribution in [3.05, 3.63) is 62.1 Å². The summed E-state index contributed by atoms with van der Waals surface area (Å²) in [5.41, 5.74) is 7.42. The standard InChI is InChI=1S/C15H15BrN2O3/c1-9-4-3-5-13(18(19)20)15(9)21-14-7-6-11(10(2)17)8-12(14)16/h3-8,10H,17H2,1-2H3. The van der Waals surface area contributed by atoms with Gasteiger partial charge in [0.25, 0.3) is 0 Å². The van der Waals surface area contributed by atoms with E-state index in [0.29, 0.717) is 15.8 Å². The van der Waals surface area contributed by atoms with Gasteiger partial charge in [-0.15, -0.1) is 0 Å². The van der Waals surface area contributed by atoms with Gasteiger partial charge in [-0.3, -0.25) is 10.1 Å². The highest BCUT2D eigenvalue weighted by atomic mass is 79.9. The van der Waals surface area contributed by atoms with Gasteiger partial charge in [-0.05, 0) is 53.0 Å². The molecule has 5 nitrogen and oxygen atoms in total. The van der Waals surface area contributed by atoms with Crippen LogP contribution in [0.1, 0.15) is 24.1 Å². The van der Waals surface area contributed by atoms with Gasteiger partial charge in [0.05, 0.1) is 9.40 Å². The summed E-state index contributed by atoms with van der Waals surface area (Å²) in [6.07, 6.45) is 0. The van der Waals surface area contributed by atoms with Gasteiger partial charge in [0.2, 0.25) is 5.75 Å². The molecule has 0 aromatic heterocycles. The average Bonchev–Trinajstić information content (AvgIpc) is 2.42. The first-order chi connectivity index (χ1) is 9.90. The van der Waals surface area contributed by atoms with Gasteiger partial charge in [-0.25, -0.2) is 0 Å². The Hall–Kier alpha value is -1.92. The molecule has 6 heteroatoms. The van der Waals surface area contributed by atoms with Crippen molar-refractivity contribution in [3.8, 4) is 11.5 Å². The number of halogens is 1. The van der Waals surface area contributed by atoms with Gasteiger partial charge in [-0.2, -0.15) is 0 Å². The topological polar surface area (TPSA) is 78.4 Å². The molecule has 110 valence electrons. The van der Waals surface area contributed by atoms with Gasteiger partial charge >= 0.3 is 5.69 Å². The molecule has 0 aliphatic rings. The highest BCUT2D eigenvalue weighted by Crippen LogP contribution is 2.37. The first kappa shape index (κ1) is 15.5. The number of nitro benzene ring substituents is 1. The van der Waals surface area contributed by atoms with Crippen molar-refractivity contribution in [1.82, 2.24) is 0 Å². The Labute approximate surface area is 131 Å². The lowest BCUT2D eigenvalue weighted by Crippen LogP contribution is -2.04. The second kappa shape index (κ2) is 6.24. The number of nitro groups is 1. The molecule has 0 saturated heterocycles. The van der Waals surface area contributed by atoms with E-state index < -0.39 is 4.92 Å². The first-order valence-corrected chi connectivity index (χ1v) is 7.16. The SMILES string of the molecule is Cc1cccc([N+](=O)[O-])c1Oc1ccc(C(C)N)cc1Br. The molecule has 0 radical (unpaired) electrons. The van der Waals surface area contributed by atoms with Crippen LogP contribution in [0.5, 0.6) is 11.5 Å². The largest absolute Gasteiger partial charge is 0.449 e. The van der Waals surface area contributed by atoms with E-state index in [9.17, 15) is 10.1 Å². The summed E-state index contributed by atoms with van der Waals surface area (Å²) >= 11 is 3.41. The monoisotopic (exact) mass is 350 g/mol. The molecule has 0 amide bonds. The minimum atomic E-state index is -0.452. The second-order valence-electron chi connectivity index (χ2n) is 4.76. The van der Waals surface area contributed by atoms with Crippen molar-refractivity contribution in [1.29, 1.82) is 0 Å². The van der Waals surface area contributed by atoms with Crippen LogP contribution >= 0.6 is 15.9 Å². The molecule has 0 bridgehead atoms. The van der Waals surface area contributed by atoms with Crippen molar-refractivity contribution in [2.24, 2.45) is 5.73 Å². The Balaban J connectivity index is 2.41. The summed E-state index contributed by atoms with van der Waals surface area (Å²) < 4.78 is 6.44. The molecule has 0 aliphatic heterocycles. The van der Waals surface area contributed by atoms with Crippen molar-refractivity contribution >= 4 is 21.6 Å². The zero-order valence-electron chi connectivity index (χ0n) is 11.7. The van der Waals surface area contributed by atoms with Crippen LogP contribution in [-0.4, -0.2) is 4.92 Å². The van der Waals surface area contributed by atoms with Crippen molar-refractivity contribution < 1.29 is 9.66 Å². The summed E-state index contributed by atoms with van der Waals surface area (Å²) in [4.78, 5) is 10.6. The van der Waals surface area contributed by atoms with E-state index in [1.54, 1.807) is 25.1 Å². The number of nitrogens with two attached hydrogens (primary N) is 1. The predicted octanol–water partition coefficient (Wildman–Crippen LogP) is 4.48. The fraction of sp³-hybridized carbons (Fsp3) is 0.200. The van der Waals surface area contributed by atoms with E-state index in [0.717, 1.165) is 5.56 Å². The molecule has 1 atom stereocenters. The van der Waals surface area contributed by atoms with Gasteiger partial charge in [0.1, 0.15) is 5.75 Å².